The zero-order chi connectivity index (χ0) is 16.4. The Bertz CT molecular complexity index is 677. The van der Waals surface area contributed by atoms with Gasteiger partial charge in [-0.3, -0.25) is 0 Å². The number of fused-ring (bicyclic) bond motifs is 1. The molecule has 1 unspecified atom stereocenters. The quantitative estimate of drug-likeness (QED) is 0.944. The molecule has 2 heterocycles. The summed E-state index contributed by atoms with van der Waals surface area (Å²) in [5, 5.41) is 11.8. The summed E-state index contributed by atoms with van der Waals surface area (Å²) in [6.07, 6.45) is 3.75. The average Bonchev–Trinajstić information content (AvgIpc) is 2.88. The third kappa shape index (κ3) is 3.52. The number of hydrogen-bond donors (Lipinski definition) is 1. The fourth-order valence-corrected chi connectivity index (χ4v) is 2.72. The lowest BCUT2D eigenvalue weighted by Crippen LogP contribution is -2.22. The van der Waals surface area contributed by atoms with Gasteiger partial charge in [0, 0.05) is 18.2 Å². The van der Waals surface area contributed by atoms with Gasteiger partial charge in [0.1, 0.15) is 0 Å². The first-order valence-corrected chi connectivity index (χ1v) is 8.01. The van der Waals surface area contributed by atoms with Crippen molar-refractivity contribution in [1.82, 2.24) is 20.3 Å². The first kappa shape index (κ1) is 15.9. The molecule has 1 aliphatic heterocycles. The zero-order valence-corrected chi connectivity index (χ0v) is 13.8. The summed E-state index contributed by atoms with van der Waals surface area (Å²) in [5.74, 6) is 0.0794. The van der Waals surface area contributed by atoms with E-state index in [1.54, 1.807) is 6.07 Å². The van der Waals surface area contributed by atoms with E-state index in [-0.39, 0.29) is 17.4 Å². The Morgan fingerprint density at radius 1 is 1.39 bits per heavy atom. The van der Waals surface area contributed by atoms with Crippen molar-refractivity contribution in [2.45, 2.75) is 51.7 Å². The van der Waals surface area contributed by atoms with Crippen molar-refractivity contribution in [2.75, 3.05) is 6.61 Å². The first-order chi connectivity index (χ1) is 10.9. The van der Waals surface area contributed by atoms with Gasteiger partial charge >= 0.3 is 0 Å². The van der Waals surface area contributed by atoms with Gasteiger partial charge < -0.3 is 10.1 Å². The minimum absolute atomic E-state index is 0.0583. The standard InChI is InChI=1S/C17H23FN4O/c1-17(2,3)22-11-12(20-21-22)10-19-15-8-5-9-23-16-13(15)6-4-7-14(16)18/h4,6-7,11,15,19H,5,8-10H2,1-3H3. The van der Waals surface area contributed by atoms with Crippen LogP contribution in [0, 0.1) is 5.82 Å². The molecule has 1 aromatic carbocycles. The van der Waals surface area contributed by atoms with Crippen LogP contribution in [0.2, 0.25) is 0 Å². The summed E-state index contributed by atoms with van der Waals surface area (Å²) >= 11 is 0. The molecule has 1 atom stereocenters. The highest BCUT2D eigenvalue weighted by atomic mass is 19.1. The van der Waals surface area contributed by atoms with Gasteiger partial charge in [0.25, 0.3) is 0 Å². The summed E-state index contributed by atoms with van der Waals surface area (Å²) in [5.41, 5.74) is 1.67. The smallest absolute Gasteiger partial charge is 0.165 e. The van der Waals surface area contributed by atoms with Crippen LogP contribution >= 0.6 is 0 Å². The molecule has 0 amide bonds. The van der Waals surface area contributed by atoms with Crippen LogP contribution in [-0.2, 0) is 12.1 Å². The molecule has 1 N–H and O–H groups in total. The predicted octanol–water partition coefficient (Wildman–Crippen LogP) is 3.18. The van der Waals surface area contributed by atoms with Gasteiger partial charge in [-0.1, -0.05) is 17.3 Å². The summed E-state index contributed by atoms with van der Waals surface area (Å²) in [4.78, 5) is 0. The maximum atomic E-state index is 13.9. The molecule has 0 spiro atoms. The highest BCUT2D eigenvalue weighted by Crippen LogP contribution is 2.33. The monoisotopic (exact) mass is 318 g/mol. The number of ether oxygens (including phenoxy) is 1. The molecule has 0 fully saturated rings. The molecule has 0 saturated heterocycles. The maximum Gasteiger partial charge on any atom is 0.165 e. The minimum Gasteiger partial charge on any atom is -0.490 e. The van der Waals surface area contributed by atoms with Gasteiger partial charge in [-0.2, -0.15) is 0 Å². The topological polar surface area (TPSA) is 52.0 Å². The normalized spacial score (nSPS) is 18.2. The van der Waals surface area contributed by atoms with E-state index in [1.165, 1.54) is 6.07 Å². The number of hydrogen-bond acceptors (Lipinski definition) is 4. The SMILES string of the molecule is CC(C)(C)n1cc(CNC2CCCOc3c(F)cccc32)nn1. The summed E-state index contributed by atoms with van der Waals surface area (Å²) in [7, 11) is 0. The highest BCUT2D eigenvalue weighted by Gasteiger charge is 2.22. The molecule has 6 heteroatoms. The second kappa shape index (κ2) is 6.28. The van der Waals surface area contributed by atoms with Crippen LogP contribution in [-0.4, -0.2) is 21.6 Å². The van der Waals surface area contributed by atoms with E-state index in [2.05, 4.69) is 36.4 Å². The Balaban J connectivity index is 1.74. The Hall–Kier alpha value is -1.95. The second-order valence-corrected chi connectivity index (χ2v) is 6.91. The molecule has 1 aromatic heterocycles. The molecular formula is C17H23FN4O. The Morgan fingerprint density at radius 3 is 2.96 bits per heavy atom. The van der Waals surface area contributed by atoms with Crippen LogP contribution in [0.5, 0.6) is 5.75 Å². The Morgan fingerprint density at radius 2 is 2.22 bits per heavy atom. The van der Waals surface area contributed by atoms with Crippen molar-refractivity contribution in [3.05, 3.63) is 41.5 Å². The van der Waals surface area contributed by atoms with E-state index in [1.807, 2.05) is 16.9 Å². The largest absolute Gasteiger partial charge is 0.490 e. The van der Waals surface area contributed by atoms with Gasteiger partial charge in [-0.05, 0) is 39.7 Å². The number of para-hydroxylation sites is 1. The molecule has 124 valence electrons. The fourth-order valence-electron chi connectivity index (χ4n) is 2.72. The van der Waals surface area contributed by atoms with Crippen molar-refractivity contribution >= 4 is 0 Å². The maximum absolute atomic E-state index is 13.9. The third-order valence-electron chi connectivity index (χ3n) is 4.01. The molecule has 23 heavy (non-hydrogen) atoms. The van der Waals surface area contributed by atoms with Gasteiger partial charge in [0.2, 0.25) is 0 Å². The van der Waals surface area contributed by atoms with Crippen LogP contribution in [0.1, 0.15) is 50.9 Å². The lowest BCUT2D eigenvalue weighted by molar-refractivity contribution is 0.300. The molecule has 0 bridgehead atoms. The van der Waals surface area contributed by atoms with E-state index >= 15 is 0 Å². The number of halogens is 1. The van der Waals surface area contributed by atoms with E-state index < -0.39 is 0 Å². The van der Waals surface area contributed by atoms with E-state index in [0.29, 0.717) is 18.9 Å². The molecule has 2 aromatic rings. The van der Waals surface area contributed by atoms with E-state index in [9.17, 15) is 4.39 Å². The van der Waals surface area contributed by atoms with E-state index in [4.69, 9.17) is 4.74 Å². The van der Waals surface area contributed by atoms with Crippen molar-refractivity contribution in [1.29, 1.82) is 0 Å². The Labute approximate surface area is 135 Å². The van der Waals surface area contributed by atoms with Gasteiger partial charge in [-0.15, -0.1) is 5.10 Å². The average molecular weight is 318 g/mol. The third-order valence-corrected chi connectivity index (χ3v) is 4.01. The zero-order valence-electron chi connectivity index (χ0n) is 13.8. The molecule has 0 aliphatic carbocycles. The number of benzene rings is 1. The molecular weight excluding hydrogens is 295 g/mol. The summed E-state index contributed by atoms with van der Waals surface area (Å²) in [6.45, 7) is 7.39. The second-order valence-electron chi connectivity index (χ2n) is 6.91. The van der Waals surface area contributed by atoms with Gasteiger partial charge in [0.15, 0.2) is 11.6 Å². The molecule has 3 rings (SSSR count). The van der Waals surface area contributed by atoms with Crippen molar-refractivity contribution in [2.24, 2.45) is 0 Å². The van der Waals surface area contributed by atoms with Crippen LogP contribution in [0.15, 0.2) is 24.4 Å². The van der Waals surface area contributed by atoms with Crippen molar-refractivity contribution in [3.8, 4) is 5.75 Å². The number of rotatable bonds is 3. The fraction of sp³-hybridized carbons (Fsp3) is 0.529. The van der Waals surface area contributed by atoms with E-state index in [0.717, 1.165) is 24.1 Å². The number of nitrogens with zero attached hydrogens (tertiary/aromatic N) is 3. The lowest BCUT2D eigenvalue weighted by atomic mass is 10.0. The van der Waals surface area contributed by atoms with Crippen LogP contribution in [0.4, 0.5) is 4.39 Å². The van der Waals surface area contributed by atoms with Gasteiger partial charge in [-0.25, -0.2) is 9.07 Å². The predicted molar refractivity (Wildman–Crippen MR) is 85.7 cm³/mol. The first-order valence-electron chi connectivity index (χ1n) is 8.01. The molecule has 0 radical (unpaired) electrons. The van der Waals surface area contributed by atoms with Crippen LogP contribution < -0.4 is 10.1 Å². The van der Waals surface area contributed by atoms with Crippen molar-refractivity contribution < 1.29 is 9.13 Å². The van der Waals surface area contributed by atoms with Crippen molar-refractivity contribution in [3.63, 3.8) is 0 Å². The lowest BCUT2D eigenvalue weighted by Gasteiger charge is -2.18. The minimum atomic E-state index is -0.296. The van der Waals surface area contributed by atoms with Gasteiger partial charge in [0.05, 0.1) is 24.0 Å². The summed E-state index contributed by atoms with van der Waals surface area (Å²) < 4.78 is 21.4. The number of aromatic nitrogens is 3. The highest BCUT2D eigenvalue weighted by molar-refractivity contribution is 5.38. The molecule has 1 aliphatic rings. The molecule has 0 saturated carbocycles. The Kier molecular flexibility index (Phi) is 4.35. The van der Waals surface area contributed by atoms with Crippen LogP contribution in [0.25, 0.3) is 0 Å². The molecule has 5 nitrogen and oxygen atoms in total. The van der Waals surface area contributed by atoms with Crippen LogP contribution in [0.3, 0.4) is 0 Å². The number of nitrogens with one attached hydrogen (secondary N) is 1. The summed E-state index contributed by atoms with van der Waals surface area (Å²) in [6, 6.07) is 5.15.